The summed E-state index contributed by atoms with van der Waals surface area (Å²) in [6.45, 7) is 1.84. The lowest BCUT2D eigenvalue weighted by molar-refractivity contribution is -0.141. The predicted octanol–water partition coefficient (Wildman–Crippen LogP) is 0.0280. The summed E-state index contributed by atoms with van der Waals surface area (Å²) in [6, 6.07) is 1.27. The Balaban J connectivity index is 1.73. The van der Waals surface area contributed by atoms with Crippen LogP contribution in [-0.4, -0.2) is 85.4 Å². The Labute approximate surface area is 219 Å². The van der Waals surface area contributed by atoms with Gasteiger partial charge in [-0.15, -0.1) is 28.2 Å². The Kier molecular flexibility index (Phi) is 9.78. The number of hydrogen-bond acceptors (Lipinski definition) is 10. The fourth-order valence-electron chi connectivity index (χ4n) is 3.76. The van der Waals surface area contributed by atoms with Gasteiger partial charge in [-0.05, 0) is 42.7 Å². The van der Waals surface area contributed by atoms with Gasteiger partial charge in [-0.2, -0.15) is 0 Å². The first-order chi connectivity index (χ1) is 17.2. The SMILES string of the molecule is Cc1nnsc1C(=O)N[C@H]1CCN(C(=O)CSCC(=O)O)[C@H](C(=O)N[C@@H](Cc2cccs2)C(N)=O)C1. The first-order valence-corrected chi connectivity index (χ1v) is 13.8. The van der Waals surface area contributed by atoms with E-state index in [-0.39, 0.29) is 36.8 Å². The highest BCUT2D eigenvalue weighted by Crippen LogP contribution is 2.21. The Morgan fingerprint density at radius 3 is 2.69 bits per heavy atom. The number of aromatic nitrogens is 2. The van der Waals surface area contributed by atoms with Gasteiger partial charge in [0.15, 0.2) is 0 Å². The number of carbonyl (C=O) groups excluding carboxylic acids is 4. The van der Waals surface area contributed by atoms with Crippen molar-refractivity contribution in [3.63, 3.8) is 0 Å². The van der Waals surface area contributed by atoms with Gasteiger partial charge in [0.2, 0.25) is 17.7 Å². The number of nitrogens with two attached hydrogens (primary N) is 1. The van der Waals surface area contributed by atoms with E-state index in [9.17, 15) is 24.0 Å². The van der Waals surface area contributed by atoms with Gasteiger partial charge in [-0.25, -0.2) is 0 Å². The van der Waals surface area contributed by atoms with Crippen molar-refractivity contribution in [3.8, 4) is 0 Å². The molecule has 1 aliphatic rings. The molecule has 15 heteroatoms. The molecule has 0 unspecified atom stereocenters. The molecule has 0 spiro atoms. The van der Waals surface area contributed by atoms with E-state index in [1.165, 1.54) is 16.2 Å². The summed E-state index contributed by atoms with van der Waals surface area (Å²) in [5, 5.41) is 20.1. The molecular formula is C21H26N6O6S3. The highest BCUT2D eigenvalue weighted by Gasteiger charge is 2.38. The molecule has 1 fully saturated rings. The van der Waals surface area contributed by atoms with Gasteiger partial charge in [-0.3, -0.25) is 24.0 Å². The lowest BCUT2D eigenvalue weighted by atomic mass is 9.95. The van der Waals surface area contributed by atoms with Crippen molar-refractivity contribution in [1.29, 1.82) is 0 Å². The Morgan fingerprint density at radius 1 is 1.31 bits per heavy atom. The molecule has 3 atom stereocenters. The van der Waals surface area contributed by atoms with E-state index in [2.05, 4.69) is 20.2 Å². The van der Waals surface area contributed by atoms with Crippen molar-refractivity contribution in [2.75, 3.05) is 18.1 Å². The summed E-state index contributed by atoms with van der Waals surface area (Å²) in [7, 11) is 0. The molecule has 0 bridgehead atoms. The number of likely N-dealkylation sites (tertiary alicyclic amines) is 1. The molecule has 0 saturated carbocycles. The zero-order chi connectivity index (χ0) is 26.2. The highest BCUT2D eigenvalue weighted by molar-refractivity contribution is 8.00. The van der Waals surface area contributed by atoms with Gasteiger partial charge in [0.1, 0.15) is 17.0 Å². The van der Waals surface area contributed by atoms with Crippen molar-refractivity contribution in [2.45, 2.75) is 44.3 Å². The fraction of sp³-hybridized carbons (Fsp3) is 0.476. The molecule has 3 rings (SSSR count). The van der Waals surface area contributed by atoms with Crippen molar-refractivity contribution in [3.05, 3.63) is 33.0 Å². The molecule has 1 aliphatic heterocycles. The first-order valence-electron chi connectivity index (χ1n) is 11.0. The second kappa shape index (κ2) is 12.8. The maximum atomic E-state index is 13.3. The molecule has 1 saturated heterocycles. The number of aryl methyl sites for hydroxylation is 1. The molecule has 0 aliphatic carbocycles. The molecule has 0 aromatic carbocycles. The van der Waals surface area contributed by atoms with E-state index in [1.807, 2.05) is 17.5 Å². The van der Waals surface area contributed by atoms with Gasteiger partial charge in [-0.1, -0.05) is 10.6 Å². The van der Waals surface area contributed by atoms with Crippen molar-refractivity contribution in [1.82, 2.24) is 25.1 Å². The molecule has 2 aromatic rings. The highest BCUT2D eigenvalue weighted by atomic mass is 32.2. The van der Waals surface area contributed by atoms with Crippen LogP contribution in [0.4, 0.5) is 0 Å². The topological polar surface area (TPSA) is 185 Å². The minimum atomic E-state index is -1.05. The van der Waals surface area contributed by atoms with Gasteiger partial charge in [0.25, 0.3) is 5.91 Å². The van der Waals surface area contributed by atoms with Crippen LogP contribution < -0.4 is 16.4 Å². The normalized spacial score (nSPS) is 18.3. The molecule has 5 N–H and O–H groups in total. The van der Waals surface area contributed by atoms with E-state index in [4.69, 9.17) is 10.8 Å². The maximum Gasteiger partial charge on any atom is 0.313 e. The number of aliphatic carboxylic acids is 1. The average molecular weight is 555 g/mol. The Bertz CT molecular complexity index is 1110. The summed E-state index contributed by atoms with van der Waals surface area (Å²) in [5.41, 5.74) is 6.02. The number of carboxylic acid groups (broad SMARTS) is 1. The van der Waals surface area contributed by atoms with Crippen molar-refractivity contribution >= 4 is 64.2 Å². The number of amides is 4. The van der Waals surface area contributed by atoms with E-state index >= 15 is 0 Å². The summed E-state index contributed by atoms with van der Waals surface area (Å²) >= 11 is 3.32. The standard InChI is InChI=1S/C21H26N6O6S3/c1-11-18(36-26-25-11)21(33)23-12-4-5-27(16(28)9-34-10-17(29)30)15(7-12)20(32)24-14(19(22)31)8-13-3-2-6-35-13/h2-3,6,12,14-15H,4-5,7-10H2,1H3,(H2,22,31)(H,23,33)(H,24,32)(H,29,30)/t12-,14-,15-/m0/s1. The number of thiophene rings is 1. The van der Waals surface area contributed by atoms with Crippen LogP contribution in [0.1, 0.15) is 33.1 Å². The zero-order valence-corrected chi connectivity index (χ0v) is 21.8. The van der Waals surface area contributed by atoms with E-state index in [0.717, 1.165) is 28.2 Å². The van der Waals surface area contributed by atoms with Crippen LogP contribution in [0.2, 0.25) is 0 Å². The molecule has 4 amide bonds. The van der Waals surface area contributed by atoms with Gasteiger partial charge in [0.05, 0.1) is 17.2 Å². The molecule has 3 heterocycles. The monoisotopic (exact) mass is 554 g/mol. The molecular weight excluding hydrogens is 528 g/mol. The lowest BCUT2D eigenvalue weighted by Crippen LogP contribution is -2.60. The molecule has 12 nitrogen and oxygen atoms in total. The number of primary amides is 1. The van der Waals surface area contributed by atoms with Crippen LogP contribution in [0.25, 0.3) is 0 Å². The second-order valence-corrected chi connectivity index (χ2v) is 10.9. The number of carbonyl (C=O) groups is 5. The molecule has 0 radical (unpaired) electrons. The largest absolute Gasteiger partial charge is 0.481 e. The van der Waals surface area contributed by atoms with Crippen LogP contribution in [-0.2, 0) is 25.6 Å². The summed E-state index contributed by atoms with van der Waals surface area (Å²) in [6.07, 6.45) is 0.721. The fourth-order valence-corrected chi connectivity index (χ4v) is 5.69. The Morgan fingerprint density at radius 2 is 2.08 bits per heavy atom. The number of piperidine rings is 1. The Hall–Kier alpha value is -3.04. The average Bonchev–Trinajstić information content (AvgIpc) is 3.49. The summed E-state index contributed by atoms with van der Waals surface area (Å²) in [4.78, 5) is 64.3. The van der Waals surface area contributed by atoms with E-state index in [0.29, 0.717) is 17.0 Å². The predicted molar refractivity (Wildman–Crippen MR) is 135 cm³/mol. The second-order valence-electron chi connectivity index (χ2n) is 8.12. The zero-order valence-electron chi connectivity index (χ0n) is 19.3. The van der Waals surface area contributed by atoms with Crippen LogP contribution in [0.15, 0.2) is 17.5 Å². The van der Waals surface area contributed by atoms with E-state index < -0.39 is 41.8 Å². The molecule has 194 valence electrons. The van der Waals surface area contributed by atoms with Gasteiger partial charge < -0.3 is 26.4 Å². The maximum absolute atomic E-state index is 13.3. The van der Waals surface area contributed by atoms with Crippen LogP contribution >= 0.6 is 34.6 Å². The number of thioether (sulfide) groups is 1. The lowest BCUT2D eigenvalue weighted by Gasteiger charge is -2.39. The number of rotatable bonds is 11. The summed E-state index contributed by atoms with van der Waals surface area (Å²) < 4.78 is 3.76. The van der Waals surface area contributed by atoms with Crippen LogP contribution in [0.3, 0.4) is 0 Å². The molecule has 36 heavy (non-hydrogen) atoms. The number of carboxylic acids is 1. The third kappa shape index (κ3) is 7.48. The van der Waals surface area contributed by atoms with Crippen LogP contribution in [0.5, 0.6) is 0 Å². The molecule has 2 aromatic heterocycles. The third-order valence-electron chi connectivity index (χ3n) is 5.51. The minimum absolute atomic E-state index is 0.114. The number of nitrogens with one attached hydrogen (secondary N) is 2. The van der Waals surface area contributed by atoms with Gasteiger partial charge in [0, 0.05) is 23.9 Å². The van der Waals surface area contributed by atoms with Crippen LogP contribution in [0, 0.1) is 6.92 Å². The quantitative estimate of drug-likeness (QED) is 0.297. The van der Waals surface area contributed by atoms with E-state index in [1.54, 1.807) is 6.92 Å². The number of nitrogens with zero attached hydrogens (tertiary/aromatic N) is 3. The first kappa shape index (κ1) is 27.5. The number of hydrogen-bond donors (Lipinski definition) is 4. The minimum Gasteiger partial charge on any atom is -0.481 e. The van der Waals surface area contributed by atoms with Crippen molar-refractivity contribution in [2.24, 2.45) is 5.73 Å². The van der Waals surface area contributed by atoms with Gasteiger partial charge >= 0.3 is 5.97 Å². The smallest absolute Gasteiger partial charge is 0.313 e. The third-order valence-corrected chi connectivity index (χ3v) is 8.14. The summed E-state index contributed by atoms with van der Waals surface area (Å²) in [5.74, 6) is -3.45. The van der Waals surface area contributed by atoms with Crippen molar-refractivity contribution < 1.29 is 29.1 Å².